The van der Waals surface area contributed by atoms with Gasteiger partial charge in [0.05, 0.1) is 6.54 Å². The molecule has 2 aliphatic rings. The van der Waals surface area contributed by atoms with Crippen molar-refractivity contribution in [2.75, 3.05) is 27.4 Å². The molecule has 2 aliphatic heterocycles. The van der Waals surface area contributed by atoms with Gasteiger partial charge in [-0.1, -0.05) is 44.2 Å². The van der Waals surface area contributed by atoms with Gasteiger partial charge in [-0.3, -0.25) is 4.79 Å². The molecule has 172 valence electrons. The molecule has 1 N–H and O–H groups in total. The minimum atomic E-state index is -1.37. The summed E-state index contributed by atoms with van der Waals surface area (Å²) < 4.78 is 36.5. The molecule has 2 amide bonds. The first-order valence-corrected chi connectivity index (χ1v) is 10.4. The summed E-state index contributed by atoms with van der Waals surface area (Å²) in [4.78, 5) is 27.2. The zero-order valence-electron chi connectivity index (χ0n) is 18.4. The fourth-order valence-electron chi connectivity index (χ4n) is 4.23. The van der Waals surface area contributed by atoms with E-state index in [9.17, 15) is 14.0 Å². The summed E-state index contributed by atoms with van der Waals surface area (Å²) in [5, 5.41) is 2.66. The number of hydrogen-bond donors (Lipinski definition) is 1. The third-order valence-corrected chi connectivity index (χ3v) is 5.79. The smallest absolute Gasteiger partial charge is 0.408 e. The molecule has 0 unspecified atom stereocenters. The van der Waals surface area contributed by atoms with Gasteiger partial charge in [0, 0.05) is 14.2 Å². The maximum atomic E-state index is 14.7. The van der Waals surface area contributed by atoms with Crippen LogP contribution < -0.4 is 5.32 Å². The second kappa shape index (κ2) is 9.93. The molecule has 2 saturated heterocycles. The standard InChI is InChI=1S/C22H31FN2O6/c1-14(2)10-17(24-21(27)30-12-15-8-6-5-7-9-15)20(26)25-11-16(23)18-19(25)22(28-3,29-4)13-31-18/h5-9,14,16-19H,10-13H2,1-4H3,(H,24,27)/t16-,17-,18+,19-/m0/s1. The Hall–Kier alpha value is -2.23. The Morgan fingerprint density at radius 2 is 1.94 bits per heavy atom. The molecule has 9 heteroatoms. The monoisotopic (exact) mass is 438 g/mol. The Labute approximate surface area is 182 Å². The van der Waals surface area contributed by atoms with Crippen molar-refractivity contribution in [3.05, 3.63) is 35.9 Å². The van der Waals surface area contributed by atoms with Gasteiger partial charge >= 0.3 is 6.09 Å². The highest BCUT2D eigenvalue weighted by molar-refractivity contribution is 5.86. The van der Waals surface area contributed by atoms with E-state index in [1.165, 1.54) is 19.1 Å². The number of benzene rings is 1. The molecule has 4 atom stereocenters. The largest absolute Gasteiger partial charge is 0.445 e. The van der Waals surface area contributed by atoms with E-state index in [0.29, 0.717) is 6.42 Å². The lowest BCUT2D eigenvalue weighted by atomic mass is 10.0. The summed E-state index contributed by atoms with van der Waals surface area (Å²) in [6.45, 7) is 3.82. The molecule has 0 bridgehead atoms. The van der Waals surface area contributed by atoms with Gasteiger partial charge in [-0.25, -0.2) is 9.18 Å². The van der Waals surface area contributed by atoms with E-state index in [-0.39, 0.29) is 25.7 Å². The number of ether oxygens (including phenoxy) is 4. The van der Waals surface area contributed by atoms with Crippen LogP contribution in [0.5, 0.6) is 0 Å². The van der Waals surface area contributed by atoms with Gasteiger partial charge in [0.15, 0.2) is 0 Å². The number of fused-ring (bicyclic) bond motifs is 1. The topological polar surface area (TPSA) is 86.3 Å². The first kappa shape index (κ1) is 23.4. The average molecular weight is 438 g/mol. The molecular formula is C22H31FN2O6. The van der Waals surface area contributed by atoms with Crippen LogP contribution in [0.25, 0.3) is 0 Å². The number of rotatable bonds is 8. The number of hydrogen-bond acceptors (Lipinski definition) is 6. The van der Waals surface area contributed by atoms with Gasteiger partial charge in [0.2, 0.25) is 11.7 Å². The third-order valence-electron chi connectivity index (χ3n) is 5.79. The van der Waals surface area contributed by atoms with Crippen molar-refractivity contribution in [1.29, 1.82) is 0 Å². The number of likely N-dealkylation sites (tertiary alicyclic amines) is 1. The number of halogens is 1. The number of methoxy groups -OCH3 is 2. The highest BCUT2D eigenvalue weighted by atomic mass is 19.1. The van der Waals surface area contributed by atoms with Crippen LogP contribution in [0.2, 0.25) is 0 Å². The molecule has 0 spiro atoms. The number of nitrogens with zero attached hydrogens (tertiary/aromatic N) is 1. The van der Waals surface area contributed by atoms with Crippen LogP contribution in [0, 0.1) is 5.92 Å². The molecule has 0 saturated carbocycles. The maximum Gasteiger partial charge on any atom is 0.408 e. The first-order chi connectivity index (χ1) is 14.8. The van der Waals surface area contributed by atoms with E-state index < -0.39 is 42.1 Å². The molecule has 0 aromatic heterocycles. The Morgan fingerprint density at radius 3 is 2.55 bits per heavy atom. The summed E-state index contributed by atoms with van der Waals surface area (Å²) in [6, 6.07) is 7.62. The Balaban J connectivity index is 1.72. The second-order valence-corrected chi connectivity index (χ2v) is 8.34. The highest BCUT2D eigenvalue weighted by Crippen LogP contribution is 2.40. The van der Waals surface area contributed by atoms with E-state index in [1.807, 2.05) is 44.2 Å². The van der Waals surface area contributed by atoms with Crippen LogP contribution in [0.3, 0.4) is 0 Å². The number of amides is 2. The summed E-state index contributed by atoms with van der Waals surface area (Å²) >= 11 is 0. The van der Waals surface area contributed by atoms with E-state index in [2.05, 4.69) is 5.32 Å². The molecule has 1 aromatic rings. The van der Waals surface area contributed by atoms with Crippen molar-refractivity contribution >= 4 is 12.0 Å². The predicted molar refractivity (Wildman–Crippen MR) is 110 cm³/mol. The zero-order valence-corrected chi connectivity index (χ0v) is 18.4. The van der Waals surface area contributed by atoms with Gasteiger partial charge < -0.3 is 29.2 Å². The van der Waals surface area contributed by atoms with Gasteiger partial charge in [-0.05, 0) is 17.9 Å². The van der Waals surface area contributed by atoms with E-state index in [4.69, 9.17) is 18.9 Å². The molecule has 0 radical (unpaired) electrons. The minimum absolute atomic E-state index is 0.0148. The Bertz CT molecular complexity index is 758. The second-order valence-electron chi connectivity index (χ2n) is 8.34. The predicted octanol–water partition coefficient (Wildman–Crippen LogP) is 2.26. The SMILES string of the molecule is COC1(OC)CO[C@H]2[C@@H]1N(C(=O)[C@H](CC(C)C)NC(=O)OCc1ccccc1)C[C@@H]2F. The molecule has 8 nitrogen and oxygen atoms in total. The zero-order chi connectivity index (χ0) is 22.6. The summed E-state index contributed by atoms with van der Waals surface area (Å²) in [5.41, 5.74) is 0.833. The van der Waals surface area contributed by atoms with Crippen molar-refractivity contribution < 1.29 is 32.9 Å². The van der Waals surface area contributed by atoms with Crippen molar-refractivity contribution in [3.8, 4) is 0 Å². The molecule has 1 aromatic carbocycles. The molecule has 2 fully saturated rings. The van der Waals surface area contributed by atoms with Crippen molar-refractivity contribution in [2.24, 2.45) is 5.92 Å². The van der Waals surface area contributed by atoms with Gasteiger partial charge in [0.25, 0.3) is 0 Å². The van der Waals surface area contributed by atoms with E-state index in [0.717, 1.165) is 5.56 Å². The normalized spacial score (nSPS) is 25.4. The molecule has 2 heterocycles. The van der Waals surface area contributed by atoms with Crippen molar-refractivity contribution in [3.63, 3.8) is 0 Å². The van der Waals surface area contributed by atoms with Crippen LogP contribution in [0.4, 0.5) is 9.18 Å². The van der Waals surface area contributed by atoms with Crippen LogP contribution in [0.1, 0.15) is 25.8 Å². The lowest BCUT2D eigenvalue weighted by Crippen LogP contribution is -2.58. The van der Waals surface area contributed by atoms with Gasteiger partial charge in [-0.2, -0.15) is 0 Å². The number of carbonyl (C=O) groups excluding carboxylic acids is 2. The lowest BCUT2D eigenvalue weighted by Gasteiger charge is -2.37. The molecule has 31 heavy (non-hydrogen) atoms. The van der Waals surface area contributed by atoms with Crippen LogP contribution in [-0.2, 0) is 30.3 Å². The third kappa shape index (κ3) is 4.99. The lowest BCUT2D eigenvalue weighted by molar-refractivity contribution is -0.227. The summed E-state index contributed by atoms with van der Waals surface area (Å²) in [7, 11) is 2.88. The summed E-state index contributed by atoms with van der Waals surface area (Å²) in [6.07, 6.45) is -2.54. The fourth-order valence-corrected chi connectivity index (χ4v) is 4.23. The quantitative estimate of drug-likeness (QED) is 0.627. The van der Waals surface area contributed by atoms with Crippen LogP contribution >= 0.6 is 0 Å². The fraction of sp³-hybridized carbons (Fsp3) is 0.636. The number of alkyl carbamates (subject to hydrolysis) is 1. The Morgan fingerprint density at radius 1 is 1.26 bits per heavy atom. The van der Waals surface area contributed by atoms with E-state index >= 15 is 0 Å². The van der Waals surface area contributed by atoms with E-state index in [1.54, 1.807) is 0 Å². The first-order valence-electron chi connectivity index (χ1n) is 10.4. The minimum Gasteiger partial charge on any atom is -0.445 e. The van der Waals surface area contributed by atoms with Crippen LogP contribution in [-0.4, -0.2) is 74.4 Å². The number of carbonyl (C=O) groups is 2. The molecule has 3 rings (SSSR count). The average Bonchev–Trinajstić information content (AvgIpc) is 3.30. The Kier molecular flexibility index (Phi) is 7.51. The van der Waals surface area contributed by atoms with Gasteiger partial charge in [0.1, 0.15) is 37.6 Å². The number of alkyl halides is 1. The van der Waals surface area contributed by atoms with Crippen molar-refractivity contribution in [2.45, 2.75) is 57.0 Å². The summed E-state index contributed by atoms with van der Waals surface area (Å²) in [5.74, 6) is -1.56. The molecule has 0 aliphatic carbocycles. The number of nitrogens with one attached hydrogen (secondary N) is 1. The maximum absolute atomic E-state index is 14.7. The van der Waals surface area contributed by atoms with Gasteiger partial charge in [-0.15, -0.1) is 0 Å². The van der Waals surface area contributed by atoms with Crippen molar-refractivity contribution in [1.82, 2.24) is 10.2 Å². The van der Waals surface area contributed by atoms with Crippen LogP contribution in [0.15, 0.2) is 30.3 Å². The molecular weight excluding hydrogens is 407 g/mol. The highest BCUT2D eigenvalue weighted by Gasteiger charge is 2.62.